The SMILES string of the molecule is Cc1cc(S(=O)(=O)NC2Cc3ccccc3C2)ccc1N. The number of nitrogens with one attached hydrogen (secondary N) is 1. The molecule has 4 nitrogen and oxygen atoms in total. The molecule has 0 aromatic heterocycles. The predicted molar refractivity (Wildman–Crippen MR) is 83.6 cm³/mol. The lowest BCUT2D eigenvalue weighted by Crippen LogP contribution is -2.35. The van der Waals surface area contributed by atoms with Gasteiger partial charge in [-0.15, -0.1) is 0 Å². The molecule has 0 amide bonds. The molecule has 0 spiro atoms. The second kappa shape index (κ2) is 5.16. The van der Waals surface area contributed by atoms with Crippen LogP contribution in [0.15, 0.2) is 47.4 Å². The number of hydrogen-bond acceptors (Lipinski definition) is 3. The Labute approximate surface area is 125 Å². The van der Waals surface area contributed by atoms with E-state index in [0.29, 0.717) is 5.69 Å². The first-order valence-corrected chi connectivity index (χ1v) is 8.39. The molecule has 0 radical (unpaired) electrons. The molecule has 1 aliphatic rings. The van der Waals surface area contributed by atoms with E-state index in [0.717, 1.165) is 18.4 Å². The van der Waals surface area contributed by atoms with E-state index >= 15 is 0 Å². The highest BCUT2D eigenvalue weighted by molar-refractivity contribution is 7.89. The molecule has 0 atom stereocenters. The normalized spacial score (nSPS) is 15.1. The Morgan fingerprint density at radius 1 is 1.10 bits per heavy atom. The van der Waals surface area contributed by atoms with Gasteiger partial charge in [-0.05, 0) is 54.7 Å². The minimum atomic E-state index is -3.51. The van der Waals surface area contributed by atoms with Gasteiger partial charge in [0.15, 0.2) is 0 Å². The van der Waals surface area contributed by atoms with Crippen LogP contribution in [0.4, 0.5) is 5.69 Å². The van der Waals surface area contributed by atoms with Crippen molar-refractivity contribution in [2.75, 3.05) is 5.73 Å². The number of nitrogen functional groups attached to an aromatic ring is 1. The van der Waals surface area contributed by atoms with Gasteiger partial charge in [-0.25, -0.2) is 13.1 Å². The van der Waals surface area contributed by atoms with Crippen LogP contribution in [-0.4, -0.2) is 14.5 Å². The van der Waals surface area contributed by atoms with Gasteiger partial charge in [-0.3, -0.25) is 0 Å². The summed E-state index contributed by atoms with van der Waals surface area (Å²) in [4.78, 5) is 0.269. The Balaban J connectivity index is 1.80. The number of sulfonamides is 1. The van der Waals surface area contributed by atoms with Crippen molar-refractivity contribution in [3.63, 3.8) is 0 Å². The van der Waals surface area contributed by atoms with Crippen molar-refractivity contribution >= 4 is 15.7 Å². The molecule has 0 saturated heterocycles. The van der Waals surface area contributed by atoms with E-state index in [1.54, 1.807) is 25.1 Å². The molecule has 0 heterocycles. The smallest absolute Gasteiger partial charge is 0.240 e. The van der Waals surface area contributed by atoms with Crippen molar-refractivity contribution in [1.29, 1.82) is 0 Å². The summed E-state index contributed by atoms with van der Waals surface area (Å²) in [7, 11) is -3.51. The van der Waals surface area contributed by atoms with E-state index < -0.39 is 10.0 Å². The molecule has 110 valence electrons. The molecule has 5 heteroatoms. The highest BCUT2D eigenvalue weighted by Crippen LogP contribution is 2.24. The fourth-order valence-corrected chi connectivity index (χ4v) is 4.07. The van der Waals surface area contributed by atoms with Crippen LogP contribution in [0.1, 0.15) is 16.7 Å². The number of rotatable bonds is 3. The predicted octanol–water partition coefficient (Wildman–Crippen LogP) is 2.02. The Morgan fingerprint density at radius 2 is 1.71 bits per heavy atom. The summed E-state index contributed by atoms with van der Waals surface area (Å²) in [6.07, 6.45) is 1.48. The van der Waals surface area contributed by atoms with Gasteiger partial charge in [-0.1, -0.05) is 24.3 Å². The molecule has 0 bridgehead atoms. The molecule has 21 heavy (non-hydrogen) atoms. The molecule has 3 rings (SSSR count). The van der Waals surface area contributed by atoms with Crippen LogP contribution >= 0.6 is 0 Å². The van der Waals surface area contributed by atoms with Crippen molar-refractivity contribution in [1.82, 2.24) is 4.72 Å². The lowest BCUT2D eigenvalue weighted by molar-refractivity contribution is 0.555. The van der Waals surface area contributed by atoms with Gasteiger partial charge in [0.05, 0.1) is 4.90 Å². The standard InChI is InChI=1S/C16H18N2O2S/c1-11-8-15(6-7-16(11)17)21(19,20)18-14-9-12-4-2-3-5-13(12)10-14/h2-8,14,18H,9-10,17H2,1H3. The second-order valence-electron chi connectivity index (χ2n) is 5.51. The summed E-state index contributed by atoms with van der Waals surface area (Å²) < 4.78 is 27.7. The van der Waals surface area contributed by atoms with E-state index in [1.807, 2.05) is 12.1 Å². The van der Waals surface area contributed by atoms with Crippen molar-refractivity contribution in [2.24, 2.45) is 0 Å². The molecule has 3 N–H and O–H groups in total. The largest absolute Gasteiger partial charge is 0.399 e. The summed E-state index contributed by atoms with van der Waals surface area (Å²) in [6.45, 7) is 1.81. The first kappa shape index (κ1) is 14.1. The molecule has 2 aromatic rings. The zero-order valence-electron chi connectivity index (χ0n) is 11.8. The zero-order chi connectivity index (χ0) is 15.0. The summed E-state index contributed by atoms with van der Waals surface area (Å²) in [5.41, 5.74) is 9.55. The van der Waals surface area contributed by atoms with Crippen LogP contribution in [0.5, 0.6) is 0 Å². The molecule has 0 unspecified atom stereocenters. The first-order chi connectivity index (χ1) is 9.95. The number of benzene rings is 2. The quantitative estimate of drug-likeness (QED) is 0.852. The van der Waals surface area contributed by atoms with Gasteiger partial charge in [0.25, 0.3) is 0 Å². The van der Waals surface area contributed by atoms with E-state index in [4.69, 9.17) is 5.73 Å². The molecular weight excluding hydrogens is 284 g/mol. The van der Waals surface area contributed by atoms with Gasteiger partial charge >= 0.3 is 0 Å². The van der Waals surface area contributed by atoms with Crippen molar-refractivity contribution < 1.29 is 8.42 Å². The first-order valence-electron chi connectivity index (χ1n) is 6.91. The maximum absolute atomic E-state index is 12.5. The Bertz CT molecular complexity index is 760. The average molecular weight is 302 g/mol. The Morgan fingerprint density at radius 3 is 2.29 bits per heavy atom. The van der Waals surface area contributed by atoms with Gasteiger partial charge in [0.2, 0.25) is 10.0 Å². The Hall–Kier alpha value is -1.85. The molecule has 2 aromatic carbocycles. The second-order valence-corrected chi connectivity index (χ2v) is 7.23. The van der Waals surface area contributed by atoms with Crippen LogP contribution in [0.3, 0.4) is 0 Å². The van der Waals surface area contributed by atoms with Gasteiger partial charge in [0, 0.05) is 11.7 Å². The Kier molecular flexibility index (Phi) is 3.47. The highest BCUT2D eigenvalue weighted by atomic mass is 32.2. The van der Waals surface area contributed by atoms with Crippen LogP contribution in [0.25, 0.3) is 0 Å². The van der Waals surface area contributed by atoms with E-state index in [1.165, 1.54) is 11.1 Å². The third kappa shape index (κ3) is 2.80. The van der Waals surface area contributed by atoms with Crippen LogP contribution in [0.2, 0.25) is 0 Å². The fourth-order valence-electron chi connectivity index (χ4n) is 2.74. The molecule has 0 aliphatic heterocycles. The minimum Gasteiger partial charge on any atom is -0.399 e. The fraction of sp³-hybridized carbons (Fsp3) is 0.250. The van der Waals surface area contributed by atoms with Crippen molar-refractivity contribution in [2.45, 2.75) is 30.7 Å². The van der Waals surface area contributed by atoms with Gasteiger partial charge in [-0.2, -0.15) is 0 Å². The maximum atomic E-state index is 12.5. The molecular formula is C16H18N2O2S. The van der Waals surface area contributed by atoms with Crippen LogP contribution < -0.4 is 10.5 Å². The third-order valence-electron chi connectivity index (χ3n) is 3.92. The monoisotopic (exact) mass is 302 g/mol. The number of aryl methyl sites for hydroxylation is 1. The minimum absolute atomic E-state index is 0.0785. The molecule has 0 fully saturated rings. The van der Waals surface area contributed by atoms with Crippen LogP contribution in [0, 0.1) is 6.92 Å². The highest BCUT2D eigenvalue weighted by Gasteiger charge is 2.26. The zero-order valence-corrected chi connectivity index (χ0v) is 12.7. The lowest BCUT2D eigenvalue weighted by atomic mass is 10.1. The molecule has 0 saturated carbocycles. The average Bonchev–Trinajstić information content (AvgIpc) is 2.82. The maximum Gasteiger partial charge on any atom is 0.240 e. The number of anilines is 1. The van der Waals surface area contributed by atoms with E-state index in [2.05, 4.69) is 16.9 Å². The summed E-state index contributed by atoms with van der Waals surface area (Å²) >= 11 is 0. The lowest BCUT2D eigenvalue weighted by Gasteiger charge is -2.13. The van der Waals surface area contributed by atoms with Crippen molar-refractivity contribution in [3.8, 4) is 0 Å². The molecule has 1 aliphatic carbocycles. The number of fused-ring (bicyclic) bond motifs is 1. The van der Waals surface area contributed by atoms with E-state index in [-0.39, 0.29) is 10.9 Å². The summed E-state index contributed by atoms with van der Waals surface area (Å²) in [6, 6.07) is 12.8. The van der Waals surface area contributed by atoms with Gasteiger partial charge in [0.1, 0.15) is 0 Å². The van der Waals surface area contributed by atoms with E-state index in [9.17, 15) is 8.42 Å². The summed E-state index contributed by atoms with van der Waals surface area (Å²) in [5, 5.41) is 0. The van der Waals surface area contributed by atoms with Gasteiger partial charge < -0.3 is 5.73 Å². The number of nitrogens with two attached hydrogens (primary N) is 1. The topological polar surface area (TPSA) is 72.2 Å². The summed E-state index contributed by atoms with van der Waals surface area (Å²) in [5.74, 6) is 0. The van der Waals surface area contributed by atoms with Crippen molar-refractivity contribution in [3.05, 3.63) is 59.2 Å². The third-order valence-corrected chi connectivity index (χ3v) is 5.44. The van der Waals surface area contributed by atoms with Crippen LogP contribution in [-0.2, 0) is 22.9 Å². The number of hydrogen-bond donors (Lipinski definition) is 2.